The Morgan fingerprint density at radius 3 is 2.29 bits per heavy atom. The predicted molar refractivity (Wildman–Crippen MR) is 54.4 cm³/mol. The normalized spacial score (nSPS) is 26.9. The third-order valence-electron chi connectivity index (χ3n) is 2.30. The highest BCUT2D eigenvalue weighted by Gasteiger charge is 2.27. The molecule has 2 aliphatic rings. The zero-order chi connectivity index (χ0) is 12.3. The van der Waals surface area contributed by atoms with Crippen molar-refractivity contribution in [1.82, 2.24) is 5.32 Å². The van der Waals surface area contributed by atoms with E-state index in [0.717, 1.165) is 0 Å². The molecule has 0 aromatic rings. The molecule has 2 aliphatic heterocycles. The van der Waals surface area contributed by atoms with E-state index in [1.807, 2.05) is 0 Å². The third kappa shape index (κ3) is 4.58. The molecule has 3 atom stereocenters. The second kappa shape index (κ2) is 5.33. The van der Waals surface area contributed by atoms with Gasteiger partial charge in [0.05, 0.1) is 13.2 Å². The predicted octanol–water partition coefficient (Wildman–Crippen LogP) is -0.558. The van der Waals surface area contributed by atoms with E-state index < -0.39 is 18.1 Å². The van der Waals surface area contributed by atoms with Gasteiger partial charge in [0.15, 0.2) is 0 Å². The number of ether oxygens (including phenoxy) is 4. The molecule has 2 saturated heterocycles. The Bertz CT molecular complexity index is 299. The van der Waals surface area contributed by atoms with Gasteiger partial charge in [-0.15, -0.1) is 0 Å². The van der Waals surface area contributed by atoms with E-state index in [-0.39, 0.29) is 25.4 Å². The summed E-state index contributed by atoms with van der Waals surface area (Å²) in [5.74, 6) is -0.500. The van der Waals surface area contributed by atoms with Crippen molar-refractivity contribution >= 4 is 12.1 Å². The van der Waals surface area contributed by atoms with Crippen molar-refractivity contribution < 1.29 is 28.5 Å². The maximum atomic E-state index is 11.4. The summed E-state index contributed by atoms with van der Waals surface area (Å²) in [7, 11) is 0. The lowest BCUT2D eigenvalue weighted by molar-refractivity contribution is -0.146. The second-order valence-corrected chi connectivity index (χ2v) is 4.01. The average Bonchev–Trinajstić information content (AvgIpc) is 3.16. The Morgan fingerprint density at radius 1 is 1.24 bits per heavy atom. The van der Waals surface area contributed by atoms with Crippen molar-refractivity contribution in [2.24, 2.45) is 0 Å². The van der Waals surface area contributed by atoms with Crippen LogP contribution in [0.1, 0.15) is 6.92 Å². The highest BCUT2D eigenvalue weighted by atomic mass is 16.6. The smallest absolute Gasteiger partial charge is 0.407 e. The summed E-state index contributed by atoms with van der Waals surface area (Å²) >= 11 is 0. The first-order valence-electron chi connectivity index (χ1n) is 5.48. The molecule has 1 N–H and O–H groups in total. The van der Waals surface area contributed by atoms with Crippen molar-refractivity contribution in [1.29, 1.82) is 0 Å². The molecular formula is C10H15NO6. The minimum absolute atomic E-state index is 0.00928. The van der Waals surface area contributed by atoms with E-state index in [4.69, 9.17) is 18.9 Å². The molecule has 0 bridgehead atoms. The van der Waals surface area contributed by atoms with Crippen molar-refractivity contribution in [3.63, 3.8) is 0 Å². The number of esters is 1. The lowest BCUT2D eigenvalue weighted by atomic mass is 10.3. The fraction of sp³-hybridized carbons (Fsp3) is 0.800. The third-order valence-corrected chi connectivity index (χ3v) is 2.30. The van der Waals surface area contributed by atoms with Crippen LogP contribution in [0.2, 0.25) is 0 Å². The second-order valence-electron chi connectivity index (χ2n) is 4.01. The molecule has 7 heteroatoms. The van der Waals surface area contributed by atoms with Crippen LogP contribution in [0, 0.1) is 0 Å². The van der Waals surface area contributed by atoms with Gasteiger partial charge in [-0.1, -0.05) is 0 Å². The van der Waals surface area contributed by atoms with Gasteiger partial charge < -0.3 is 24.3 Å². The number of hydrogen-bond donors (Lipinski definition) is 1. The molecule has 0 aromatic heterocycles. The quantitative estimate of drug-likeness (QED) is 0.498. The number of alkyl carbamates (subject to hydrolysis) is 1. The molecule has 2 unspecified atom stereocenters. The molecule has 0 aromatic carbocycles. The van der Waals surface area contributed by atoms with Gasteiger partial charge in [0, 0.05) is 0 Å². The van der Waals surface area contributed by atoms with E-state index in [9.17, 15) is 9.59 Å². The average molecular weight is 245 g/mol. The zero-order valence-corrected chi connectivity index (χ0v) is 9.51. The van der Waals surface area contributed by atoms with E-state index in [0.29, 0.717) is 13.2 Å². The molecule has 2 heterocycles. The van der Waals surface area contributed by atoms with E-state index in [2.05, 4.69) is 5.32 Å². The molecule has 0 aliphatic carbocycles. The number of hydrogen-bond acceptors (Lipinski definition) is 6. The first-order valence-corrected chi connectivity index (χ1v) is 5.48. The van der Waals surface area contributed by atoms with Crippen molar-refractivity contribution in [3.05, 3.63) is 0 Å². The number of epoxide rings is 2. The SMILES string of the molecule is C[C@H](NC(=O)OCC1CO1)C(=O)OCC1CO1. The maximum absolute atomic E-state index is 11.4. The zero-order valence-electron chi connectivity index (χ0n) is 9.51. The van der Waals surface area contributed by atoms with Crippen molar-refractivity contribution in [2.45, 2.75) is 25.2 Å². The van der Waals surface area contributed by atoms with Gasteiger partial charge in [0.2, 0.25) is 0 Å². The summed E-state index contributed by atoms with van der Waals surface area (Å²) < 4.78 is 19.5. The van der Waals surface area contributed by atoms with Crippen LogP contribution >= 0.6 is 0 Å². The Kier molecular flexibility index (Phi) is 3.80. The van der Waals surface area contributed by atoms with Gasteiger partial charge in [-0.05, 0) is 6.92 Å². The van der Waals surface area contributed by atoms with Crippen LogP contribution in [0.5, 0.6) is 0 Å². The van der Waals surface area contributed by atoms with Gasteiger partial charge in [0.1, 0.15) is 31.5 Å². The molecule has 1 amide bonds. The Morgan fingerprint density at radius 2 is 1.76 bits per heavy atom. The maximum Gasteiger partial charge on any atom is 0.407 e. The molecule has 17 heavy (non-hydrogen) atoms. The number of carbonyl (C=O) groups is 2. The molecule has 0 radical (unpaired) electrons. The number of amides is 1. The summed E-state index contributed by atoms with van der Waals surface area (Å²) in [5.41, 5.74) is 0. The van der Waals surface area contributed by atoms with Crippen molar-refractivity contribution in [2.75, 3.05) is 26.4 Å². The Balaban J connectivity index is 1.57. The summed E-state index contributed by atoms with van der Waals surface area (Å²) in [6.45, 7) is 3.22. The summed E-state index contributed by atoms with van der Waals surface area (Å²) in [5, 5.41) is 2.37. The summed E-state index contributed by atoms with van der Waals surface area (Å²) in [6, 6.07) is -0.735. The molecular weight excluding hydrogens is 230 g/mol. The minimum Gasteiger partial charge on any atom is -0.461 e. The lowest BCUT2D eigenvalue weighted by Crippen LogP contribution is -2.40. The molecule has 2 rings (SSSR count). The van der Waals surface area contributed by atoms with Crippen LogP contribution < -0.4 is 5.32 Å². The molecule has 7 nitrogen and oxygen atoms in total. The van der Waals surface area contributed by atoms with Crippen LogP contribution in [0.15, 0.2) is 0 Å². The van der Waals surface area contributed by atoms with E-state index in [1.165, 1.54) is 6.92 Å². The molecule has 2 fully saturated rings. The van der Waals surface area contributed by atoms with Crippen LogP contribution in [-0.2, 0) is 23.7 Å². The topological polar surface area (TPSA) is 89.7 Å². The highest BCUT2D eigenvalue weighted by molar-refractivity contribution is 5.80. The van der Waals surface area contributed by atoms with E-state index in [1.54, 1.807) is 0 Å². The van der Waals surface area contributed by atoms with Crippen molar-refractivity contribution in [3.8, 4) is 0 Å². The largest absolute Gasteiger partial charge is 0.461 e. The monoisotopic (exact) mass is 245 g/mol. The van der Waals surface area contributed by atoms with Gasteiger partial charge in [-0.3, -0.25) is 0 Å². The van der Waals surface area contributed by atoms with Crippen LogP contribution in [0.3, 0.4) is 0 Å². The van der Waals surface area contributed by atoms with Gasteiger partial charge >= 0.3 is 12.1 Å². The fourth-order valence-electron chi connectivity index (χ4n) is 1.07. The summed E-state index contributed by atoms with van der Waals surface area (Å²) in [6.07, 6.45) is -0.618. The first kappa shape index (κ1) is 12.1. The minimum atomic E-state index is -0.735. The highest BCUT2D eigenvalue weighted by Crippen LogP contribution is 2.09. The van der Waals surface area contributed by atoms with Crippen LogP contribution in [0.25, 0.3) is 0 Å². The summed E-state index contributed by atoms with van der Waals surface area (Å²) in [4.78, 5) is 22.6. The molecule has 96 valence electrons. The Labute approximate surface area is 98.3 Å². The van der Waals surface area contributed by atoms with Crippen LogP contribution in [0.4, 0.5) is 4.79 Å². The number of rotatable bonds is 6. The van der Waals surface area contributed by atoms with Gasteiger partial charge in [0.25, 0.3) is 0 Å². The first-order chi connectivity index (χ1) is 8.15. The molecule has 0 saturated carbocycles. The van der Waals surface area contributed by atoms with E-state index >= 15 is 0 Å². The van der Waals surface area contributed by atoms with Gasteiger partial charge in [-0.2, -0.15) is 0 Å². The fourth-order valence-corrected chi connectivity index (χ4v) is 1.07. The standard InChI is InChI=1S/C10H15NO6/c1-6(9(12)16-4-7-2-14-7)11-10(13)17-5-8-3-15-8/h6-8H,2-5H2,1H3,(H,11,13)/t6-,7?,8?/m0/s1. The lowest BCUT2D eigenvalue weighted by Gasteiger charge is -2.12. The van der Waals surface area contributed by atoms with Gasteiger partial charge in [-0.25, -0.2) is 9.59 Å². The van der Waals surface area contributed by atoms with Crippen LogP contribution in [-0.4, -0.2) is 56.7 Å². The molecule has 0 spiro atoms. The number of nitrogens with one attached hydrogen (secondary N) is 1. The number of carbonyl (C=O) groups excluding carboxylic acids is 2. The Hall–Kier alpha value is -1.34.